The molecule has 234 valence electrons. The lowest BCUT2D eigenvalue weighted by atomic mass is 9.98. The average Bonchev–Trinajstić information content (AvgIpc) is 3.68. The van der Waals surface area contributed by atoms with Gasteiger partial charge in [0.1, 0.15) is 24.2 Å². The van der Waals surface area contributed by atoms with Crippen molar-refractivity contribution in [2.75, 3.05) is 13.7 Å². The fourth-order valence-corrected chi connectivity index (χ4v) is 5.08. The van der Waals surface area contributed by atoms with E-state index in [4.69, 9.17) is 13.9 Å². The number of carbonyl (C=O) groups excluding carboxylic acids is 5. The molecule has 44 heavy (non-hydrogen) atoms. The molecule has 1 aliphatic rings. The van der Waals surface area contributed by atoms with Crippen LogP contribution in [0, 0.1) is 11.8 Å². The molecule has 4 rings (SSSR count). The maximum Gasteiger partial charge on any atom is 0.408 e. The first-order valence-corrected chi connectivity index (χ1v) is 14.6. The molecule has 1 fully saturated rings. The summed E-state index contributed by atoms with van der Waals surface area (Å²) in [4.78, 5) is 70.8. The second kappa shape index (κ2) is 14.2. The zero-order chi connectivity index (χ0) is 32.0. The standard InChI is InChI=1S/C32H38N4O8/c1-18(2)25(27(37)29-33-22-16-21(31(40)42-5)13-14-24(22)44-29)34-28(38)23-12-9-15-36(23)30(39)26(19(3)4)35-32(41)43-17-20-10-7-6-8-11-20/h6-8,10-11,13-14,16,18-19,23,25-26H,9,12,15,17H2,1-5H3,(H,34,38)(H,35,41)/t23-,25?,26-/m0/s1. The van der Waals surface area contributed by atoms with E-state index in [1.807, 2.05) is 30.3 Å². The van der Waals surface area contributed by atoms with Crippen molar-refractivity contribution in [1.29, 1.82) is 0 Å². The Morgan fingerprint density at radius 3 is 2.34 bits per heavy atom. The molecular formula is C32H38N4O8. The molecule has 0 aliphatic carbocycles. The number of nitrogens with zero attached hydrogens (tertiary/aromatic N) is 2. The first-order valence-electron chi connectivity index (χ1n) is 14.6. The predicted molar refractivity (Wildman–Crippen MR) is 160 cm³/mol. The molecule has 12 nitrogen and oxygen atoms in total. The molecule has 0 saturated carbocycles. The van der Waals surface area contributed by atoms with Crippen molar-refractivity contribution in [2.45, 2.75) is 65.3 Å². The highest BCUT2D eigenvalue weighted by Gasteiger charge is 2.40. The number of oxazole rings is 1. The summed E-state index contributed by atoms with van der Waals surface area (Å²) < 4.78 is 15.7. The molecule has 0 radical (unpaired) electrons. The second-order valence-electron chi connectivity index (χ2n) is 11.4. The number of carbonyl (C=O) groups is 5. The molecule has 1 aliphatic heterocycles. The van der Waals surface area contributed by atoms with Crippen LogP contribution in [0.1, 0.15) is 67.1 Å². The Morgan fingerprint density at radius 2 is 1.68 bits per heavy atom. The number of ether oxygens (including phenoxy) is 2. The zero-order valence-electron chi connectivity index (χ0n) is 25.5. The smallest absolute Gasteiger partial charge is 0.408 e. The van der Waals surface area contributed by atoms with Crippen LogP contribution >= 0.6 is 0 Å². The number of ketones is 1. The highest BCUT2D eigenvalue weighted by Crippen LogP contribution is 2.23. The molecule has 1 saturated heterocycles. The van der Waals surface area contributed by atoms with Crippen LogP contribution in [0.5, 0.6) is 0 Å². The third-order valence-corrected chi connectivity index (χ3v) is 7.52. The number of benzene rings is 2. The van der Waals surface area contributed by atoms with Gasteiger partial charge in [0.25, 0.3) is 5.89 Å². The van der Waals surface area contributed by atoms with Crippen molar-refractivity contribution in [3.8, 4) is 0 Å². The fraction of sp³-hybridized carbons (Fsp3) is 0.438. The number of methoxy groups -OCH3 is 1. The molecule has 1 aromatic heterocycles. The lowest BCUT2D eigenvalue weighted by Crippen LogP contribution is -2.57. The summed E-state index contributed by atoms with van der Waals surface area (Å²) in [5, 5.41) is 5.46. The fourth-order valence-electron chi connectivity index (χ4n) is 5.08. The topological polar surface area (TPSA) is 157 Å². The minimum atomic E-state index is -0.986. The van der Waals surface area contributed by atoms with Crippen LogP contribution < -0.4 is 10.6 Å². The van der Waals surface area contributed by atoms with Gasteiger partial charge in [0.15, 0.2) is 5.58 Å². The van der Waals surface area contributed by atoms with Gasteiger partial charge in [0.2, 0.25) is 17.6 Å². The number of alkyl carbamates (subject to hydrolysis) is 1. The van der Waals surface area contributed by atoms with Crippen molar-refractivity contribution in [2.24, 2.45) is 11.8 Å². The molecule has 2 N–H and O–H groups in total. The van der Waals surface area contributed by atoms with Crippen molar-refractivity contribution < 1.29 is 37.9 Å². The molecular weight excluding hydrogens is 568 g/mol. The molecule has 3 aromatic rings. The van der Waals surface area contributed by atoms with Crippen LogP contribution in [-0.2, 0) is 25.7 Å². The van der Waals surface area contributed by atoms with E-state index in [-0.39, 0.29) is 29.9 Å². The normalized spacial score (nSPS) is 16.1. The van der Waals surface area contributed by atoms with E-state index in [0.717, 1.165) is 5.56 Å². The Hall–Kier alpha value is -4.74. The molecule has 2 heterocycles. The number of rotatable bonds is 11. The van der Waals surface area contributed by atoms with Gasteiger partial charge in [-0.25, -0.2) is 14.6 Å². The molecule has 1 unspecified atom stereocenters. The summed E-state index contributed by atoms with van der Waals surface area (Å²) in [6, 6.07) is 10.9. The number of hydrogen-bond donors (Lipinski definition) is 2. The molecule has 0 spiro atoms. The van der Waals surface area contributed by atoms with Gasteiger partial charge < -0.3 is 29.4 Å². The largest absolute Gasteiger partial charge is 0.465 e. The Morgan fingerprint density at radius 1 is 0.977 bits per heavy atom. The minimum absolute atomic E-state index is 0.0531. The molecule has 2 aromatic carbocycles. The zero-order valence-corrected chi connectivity index (χ0v) is 25.5. The molecule has 12 heteroatoms. The maximum atomic E-state index is 13.6. The number of hydrogen-bond acceptors (Lipinski definition) is 9. The number of amides is 3. The number of aromatic nitrogens is 1. The molecule has 3 atom stereocenters. The highest BCUT2D eigenvalue weighted by molar-refractivity contribution is 6.02. The first-order chi connectivity index (χ1) is 21.0. The SMILES string of the molecule is COC(=O)c1ccc2oc(C(=O)C(NC(=O)[C@@H]3CCCN3C(=O)[C@@H](NC(=O)OCc3ccccc3)C(C)C)C(C)C)nc2c1. The lowest BCUT2D eigenvalue weighted by molar-refractivity contribution is -0.141. The predicted octanol–water partition coefficient (Wildman–Crippen LogP) is 3.88. The van der Waals surface area contributed by atoms with Crippen molar-refractivity contribution >= 4 is 40.8 Å². The maximum absolute atomic E-state index is 13.6. The van der Waals surface area contributed by atoms with Crippen LogP contribution in [0.4, 0.5) is 4.79 Å². The third kappa shape index (κ3) is 7.42. The monoisotopic (exact) mass is 606 g/mol. The number of fused-ring (bicyclic) bond motifs is 1. The first kappa shape index (κ1) is 32.2. The van der Waals surface area contributed by atoms with Crippen LogP contribution in [0.2, 0.25) is 0 Å². The van der Waals surface area contributed by atoms with E-state index < -0.39 is 47.8 Å². The van der Waals surface area contributed by atoms with Gasteiger partial charge in [-0.2, -0.15) is 0 Å². The Labute approximate surface area is 255 Å². The van der Waals surface area contributed by atoms with Gasteiger partial charge in [-0.05, 0) is 48.4 Å². The van der Waals surface area contributed by atoms with Crippen LogP contribution in [0.25, 0.3) is 11.1 Å². The van der Waals surface area contributed by atoms with E-state index in [2.05, 4.69) is 15.6 Å². The van der Waals surface area contributed by atoms with Gasteiger partial charge in [-0.3, -0.25) is 14.4 Å². The summed E-state index contributed by atoms with van der Waals surface area (Å²) >= 11 is 0. The van der Waals surface area contributed by atoms with Gasteiger partial charge >= 0.3 is 12.1 Å². The van der Waals surface area contributed by atoms with Gasteiger partial charge in [0, 0.05) is 6.54 Å². The van der Waals surface area contributed by atoms with Crippen molar-refractivity contribution in [3.05, 3.63) is 65.5 Å². The summed E-state index contributed by atoms with van der Waals surface area (Å²) in [6.07, 6.45) is 0.253. The van der Waals surface area contributed by atoms with Crippen molar-refractivity contribution in [1.82, 2.24) is 20.5 Å². The summed E-state index contributed by atoms with van der Waals surface area (Å²) in [6.45, 7) is 7.53. The third-order valence-electron chi connectivity index (χ3n) is 7.52. The summed E-state index contributed by atoms with van der Waals surface area (Å²) in [5.74, 6) is -2.79. The van der Waals surface area contributed by atoms with Crippen LogP contribution in [0.3, 0.4) is 0 Å². The van der Waals surface area contributed by atoms with E-state index >= 15 is 0 Å². The van der Waals surface area contributed by atoms with E-state index in [1.54, 1.807) is 27.7 Å². The van der Waals surface area contributed by atoms with Gasteiger partial charge in [-0.15, -0.1) is 0 Å². The number of likely N-dealkylation sites (tertiary alicyclic amines) is 1. The quantitative estimate of drug-likeness (QED) is 0.244. The molecule has 3 amide bonds. The van der Waals surface area contributed by atoms with Crippen LogP contribution in [-0.4, -0.2) is 71.3 Å². The number of nitrogens with one attached hydrogen (secondary N) is 2. The van der Waals surface area contributed by atoms with E-state index in [0.29, 0.717) is 30.5 Å². The summed E-state index contributed by atoms with van der Waals surface area (Å²) in [7, 11) is 1.26. The number of Topliss-reactive ketones (excluding diaryl/α,β-unsaturated/α-hetero) is 1. The van der Waals surface area contributed by atoms with Gasteiger partial charge in [0.05, 0.1) is 18.7 Å². The minimum Gasteiger partial charge on any atom is -0.465 e. The Balaban J connectivity index is 1.44. The Bertz CT molecular complexity index is 1520. The average molecular weight is 607 g/mol. The second-order valence-corrected chi connectivity index (χ2v) is 11.4. The highest BCUT2D eigenvalue weighted by atomic mass is 16.5. The number of esters is 1. The molecule has 0 bridgehead atoms. The lowest BCUT2D eigenvalue weighted by Gasteiger charge is -2.31. The Kier molecular flexibility index (Phi) is 10.4. The van der Waals surface area contributed by atoms with Crippen molar-refractivity contribution in [3.63, 3.8) is 0 Å². The van der Waals surface area contributed by atoms with Crippen LogP contribution in [0.15, 0.2) is 52.9 Å². The summed E-state index contributed by atoms with van der Waals surface area (Å²) in [5.41, 5.74) is 1.67. The van der Waals surface area contributed by atoms with E-state index in [9.17, 15) is 24.0 Å². The van der Waals surface area contributed by atoms with E-state index in [1.165, 1.54) is 30.2 Å². The van der Waals surface area contributed by atoms with Gasteiger partial charge in [-0.1, -0.05) is 58.0 Å².